The predicted octanol–water partition coefficient (Wildman–Crippen LogP) is 8.93. The van der Waals surface area contributed by atoms with Crippen LogP contribution in [0, 0.1) is 0 Å². The summed E-state index contributed by atoms with van der Waals surface area (Å²) in [7, 11) is 0. The molecule has 0 unspecified atom stereocenters. The standard InChI is InChI=1S/C26H46O/c1-4-7-10-11-12-13-18-23-26(21-16-8-5-2,22-17-9-6-3)24-19-14-15-20-25(24)27/h14-15,19-20,27H,4-13,16-18,21-23H2,1-3H3. The Morgan fingerprint density at radius 1 is 0.593 bits per heavy atom. The topological polar surface area (TPSA) is 20.2 Å². The fourth-order valence-corrected chi connectivity index (χ4v) is 4.55. The van der Waals surface area contributed by atoms with Crippen LogP contribution in [0.5, 0.6) is 5.75 Å². The minimum absolute atomic E-state index is 0.180. The van der Waals surface area contributed by atoms with E-state index in [1.54, 1.807) is 0 Å². The van der Waals surface area contributed by atoms with E-state index in [0.29, 0.717) is 5.75 Å². The highest BCUT2D eigenvalue weighted by Crippen LogP contribution is 2.44. The lowest BCUT2D eigenvalue weighted by molar-refractivity contribution is 0.291. The zero-order chi connectivity index (χ0) is 19.8. The van der Waals surface area contributed by atoms with Gasteiger partial charge in [0.2, 0.25) is 0 Å². The van der Waals surface area contributed by atoms with Gasteiger partial charge in [-0.2, -0.15) is 0 Å². The summed E-state index contributed by atoms with van der Waals surface area (Å²) in [5.74, 6) is 0.522. The zero-order valence-electron chi connectivity index (χ0n) is 18.6. The van der Waals surface area contributed by atoms with Gasteiger partial charge in [0.15, 0.2) is 0 Å². The Bertz CT molecular complexity index is 455. The second kappa shape index (κ2) is 15.0. The van der Waals surface area contributed by atoms with Gasteiger partial charge in [-0.25, -0.2) is 0 Å². The van der Waals surface area contributed by atoms with E-state index in [9.17, 15) is 5.11 Å². The van der Waals surface area contributed by atoms with Crippen molar-refractivity contribution >= 4 is 0 Å². The number of hydrogen-bond donors (Lipinski definition) is 1. The molecule has 1 aromatic carbocycles. The SMILES string of the molecule is CCCCCCCCCC(CCCCC)(CCCCC)c1ccccc1O. The van der Waals surface area contributed by atoms with Crippen LogP contribution in [0.1, 0.15) is 129 Å². The van der Waals surface area contributed by atoms with Crippen molar-refractivity contribution in [3.8, 4) is 5.75 Å². The van der Waals surface area contributed by atoms with E-state index >= 15 is 0 Å². The average molecular weight is 375 g/mol. The van der Waals surface area contributed by atoms with Gasteiger partial charge in [-0.3, -0.25) is 0 Å². The lowest BCUT2D eigenvalue weighted by atomic mass is 9.69. The molecule has 0 radical (unpaired) electrons. The second-order valence-corrected chi connectivity index (χ2v) is 8.58. The van der Waals surface area contributed by atoms with Gasteiger partial charge in [-0.05, 0) is 30.7 Å². The quantitative estimate of drug-likeness (QED) is 0.270. The summed E-state index contributed by atoms with van der Waals surface area (Å²) in [4.78, 5) is 0. The molecule has 0 aliphatic carbocycles. The zero-order valence-corrected chi connectivity index (χ0v) is 18.6. The Hall–Kier alpha value is -0.980. The van der Waals surface area contributed by atoms with Crippen molar-refractivity contribution in [1.29, 1.82) is 0 Å². The fraction of sp³-hybridized carbons (Fsp3) is 0.769. The van der Waals surface area contributed by atoms with Crippen molar-refractivity contribution in [1.82, 2.24) is 0 Å². The van der Waals surface area contributed by atoms with E-state index in [2.05, 4.69) is 32.9 Å². The molecule has 1 rings (SSSR count). The molecule has 0 saturated heterocycles. The first-order chi connectivity index (χ1) is 13.2. The highest BCUT2D eigenvalue weighted by atomic mass is 16.3. The Kier molecular flexibility index (Phi) is 13.4. The van der Waals surface area contributed by atoms with Crippen molar-refractivity contribution < 1.29 is 5.11 Å². The summed E-state index contributed by atoms with van der Waals surface area (Å²) in [5, 5.41) is 10.7. The maximum atomic E-state index is 10.7. The third-order valence-corrected chi connectivity index (χ3v) is 6.25. The van der Waals surface area contributed by atoms with Gasteiger partial charge in [-0.15, -0.1) is 0 Å². The molecular formula is C26H46O. The number of para-hydroxylation sites is 1. The average Bonchev–Trinajstić information content (AvgIpc) is 2.67. The monoisotopic (exact) mass is 374 g/mol. The van der Waals surface area contributed by atoms with Crippen molar-refractivity contribution in [3.63, 3.8) is 0 Å². The van der Waals surface area contributed by atoms with E-state index in [1.165, 1.54) is 108 Å². The van der Waals surface area contributed by atoms with Crippen LogP contribution in [0.3, 0.4) is 0 Å². The Labute approximate surface area is 170 Å². The molecule has 1 nitrogen and oxygen atoms in total. The van der Waals surface area contributed by atoms with Gasteiger partial charge in [0, 0.05) is 5.56 Å². The molecule has 1 aromatic rings. The molecule has 0 aliphatic heterocycles. The van der Waals surface area contributed by atoms with Gasteiger partial charge < -0.3 is 5.11 Å². The van der Waals surface area contributed by atoms with Crippen LogP contribution in [0.4, 0.5) is 0 Å². The molecule has 0 heterocycles. The Morgan fingerprint density at radius 3 is 1.52 bits per heavy atom. The molecule has 1 heteroatoms. The number of hydrogen-bond acceptors (Lipinski definition) is 1. The highest BCUT2D eigenvalue weighted by Gasteiger charge is 2.32. The van der Waals surface area contributed by atoms with Gasteiger partial charge in [0.25, 0.3) is 0 Å². The molecule has 0 aliphatic rings. The Morgan fingerprint density at radius 2 is 1.00 bits per heavy atom. The lowest BCUT2D eigenvalue weighted by Crippen LogP contribution is -2.27. The molecular weight excluding hydrogens is 328 g/mol. The van der Waals surface area contributed by atoms with Gasteiger partial charge in [0.05, 0.1) is 0 Å². The summed E-state index contributed by atoms with van der Waals surface area (Å²) in [6, 6.07) is 8.19. The molecule has 0 atom stereocenters. The predicted molar refractivity (Wildman–Crippen MR) is 121 cm³/mol. The van der Waals surface area contributed by atoms with Crippen LogP contribution in [-0.4, -0.2) is 5.11 Å². The summed E-state index contributed by atoms with van der Waals surface area (Å²) in [6.07, 6.45) is 21.0. The fourth-order valence-electron chi connectivity index (χ4n) is 4.55. The second-order valence-electron chi connectivity index (χ2n) is 8.58. The summed E-state index contributed by atoms with van der Waals surface area (Å²) in [5.41, 5.74) is 1.40. The number of rotatable bonds is 17. The van der Waals surface area contributed by atoms with Gasteiger partial charge in [0.1, 0.15) is 5.75 Å². The molecule has 0 saturated carbocycles. The maximum Gasteiger partial charge on any atom is 0.119 e. The molecule has 0 fully saturated rings. The molecule has 27 heavy (non-hydrogen) atoms. The first-order valence-electron chi connectivity index (χ1n) is 12.0. The molecule has 0 bridgehead atoms. The first-order valence-corrected chi connectivity index (χ1v) is 12.0. The van der Waals surface area contributed by atoms with Crippen LogP contribution in [0.2, 0.25) is 0 Å². The van der Waals surface area contributed by atoms with Crippen molar-refractivity contribution in [2.75, 3.05) is 0 Å². The number of phenolic OH excluding ortho intramolecular Hbond substituents is 1. The third kappa shape index (κ3) is 9.17. The van der Waals surface area contributed by atoms with Crippen LogP contribution in [0.15, 0.2) is 24.3 Å². The van der Waals surface area contributed by atoms with Crippen LogP contribution in [0.25, 0.3) is 0 Å². The smallest absolute Gasteiger partial charge is 0.119 e. The van der Waals surface area contributed by atoms with Crippen LogP contribution < -0.4 is 0 Å². The minimum Gasteiger partial charge on any atom is -0.508 e. The molecule has 0 amide bonds. The molecule has 1 N–H and O–H groups in total. The third-order valence-electron chi connectivity index (χ3n) is 6.25. The van der Waals surface area contributed by atoms with Crippen molar-refractivity contribution in [2.45, 2.75) is 129 Å². The van der Waals surface area contributed by atoms with E-state index < -0.39 is 0 Å². The molecule has 0 spiro atoms. The van der Waals surface area contributed by atoms with Crippen molar-refractivity contribution in [2.24, 2.45) is 0 Å². The summed E-state index contributed by atoms with van der Waals surface area (Å²) < 4.78 is 0. The normalized spacial score (nSPS) is 11.8. The lowest BCUT2D eigenvalue weighted by Gasteiger charge is -2.36. The minimum atomic E-state index is 0.180. The van der Waals surface area contributed by atoms with Crippen molar-refractivity contribution in [3.05, 3.63) is 29.8 Å². The first kappa shape index (κ1) is 24.1. The largest absolute Gasteiger partial charge is 0.508 e. The van der Waals surface area contributed by atoms with E-state index in [4.69, 9.17) is 0 Å². The van der Waals surface area contributed by atoms with E-state index in [-0.39, 0.29) is 5.41 Å². The summed E-state index contributed by atoms with van der Waals surface area (Å²) >= 11 is 0. The van der Waals surface area contributed by atoms with Gasteiger partial charge >= 0.3 is 0 Å². The van der Waals surface area contributed by atoms with Gasteiger partial charge in [-0.1, -0.05) is 122 Å². The maximum absolute atomic E-state index is 10.7. The number of unbranched alkanes of at least 4 members (excludes halogenated alkanes) is 10. The number of benzene rings is 1. The number of aromatic hydroxyl groups is 1. The molecule has 156 valence electrons. The van der Waals surface area contributed by atoms with Crippen LogP contribution >= 0.6 is 0 Å². The van der Waals surface area contributed by atoms with E-state index in [0.717, 1.165) is 0 Å². The van der Waals surface area contributed by atoms with Crippen LogP contribution in [-0.2, 0) is 5.41 Å². The summed E-state index contributed by atoms with van der Waals surface area (Å²) in [6.45, 7) is 6.86. The number of phenols is 1. The molecule has 0 aromatic heterocycles. The highest BCUT2D eigenvalue weighted by molar-refractivity contribution is 5.38. The Balaban J connectivity index is 2.81. The van der Waals surface area contributed by atoms with E-state index in [1.807, 2.05) is 12.1 Å².